The lowest BCUT2D eigenvalue weighted by atomic mass is 9.96. The first kappa shape index (κ1) is 80.6. The first-order valence-corrected chi connectivity index (χ1v) is 38.9. The number of azide groups is 1. The van der Waals surface area contributed by atoms with E-state index in [0.29, 0.717) is 19.6 Å². The zero-order valence-electron chi connectivity index (χ0n) is 60.3. The summed E-state index contributed by atoms with van der Waals surface area (Å²) in [7, 11) is 0. The molecule has 0 bridgehead atoms. The molecular formula is C85H128N4O8. The van der Waals surface area contributed by atoms with Crippen molar-refractivity contribution < 1.29 is 38.0 Å². The van der Waals surface area contributed by atoms with Crippen molar-refractivity contribution >= 4 is 5.91 Å². The second kappa shape index (κ2) is 54.4. The Morgan fingerprint density at radius 2 is 0.742 bits per heavy atom. The van der Waals surface area contributed by atoms with Crippen LogP contribution in [0.5, 0.6) is 0 Å². The summed E-state index contributed by atoms with van der Waals surface area (Å²) in [5.41, 5.74) is 14.8. The van der Waals surface area contributed by atoms with E-state index in [0.717, 1.165) is 72.8 Å². The van der Waals surface area contributed by atoms with Crippen molar-refractivity contribution in [1.82, 2.24) is 5.32 Å². The van der Waals surface area contributed by atoms with Gasteiger partial charge in [-0.2, -0.15) is 0 Å². The smallest absolute Gasteiger partial charge is 0.220 e. The topological polar surface area (TPSA) is 142 Å². The lowest BCUT2D eigenvalue weighted by Gasteiger charge is -2.46. The number of carbonyl (C=O) groups excluding carboxylic acids is 1. The summed E-state index contributed by atoms with van der Waals surface area (Å²) >= 11 is 0. The van der Waals surface area contributed by atoms with Crippen LogP contribution in [0.3, 0.4) is 0 Å². The fraction of sp³-hybridized carbons (Fsp3) is 0.635. The molecule has 1 saturated heterocycles. The third kappa shape index (κ3) is 36.5. The first-order valence-electron chi connectivity index (χ1n) is 38.9. The molecule has 1 fully saturated rings. The quantitative estimate of drug-likeness (QED) is 0.0175. The van der Waals surface area contributed by atoms with Gasteiger partial charge in [0.1, 0.15) is 24.4 Å². The highest BCUT2D eigenvalue weighted by Crippen LogP contribution is 2.33. The number of hydrogen-bond donors (Lipinski definition) is 1. The van der Waals surface area contributed by atoms with E-state index in [-0.39, 0.29) is 38.9 Å². The van der Waals surface area contributed by atoms with Gasteiger partial charge in [0.15, 0.2) is 6.29 Å². The maximum atomic E-state index is 14.8. The molecular weight excluding hydrogens is 1200 g/mol. The third-order valence-corrected chi connectivity index (χ3v) is 19.3. The number of carbonyl (C=O) groups is 1. The van der Waals surface area contributed by atoms with Gasteiger partial charge in [-0.25, -0.2) is 0 Å². The molecule has 0 aromatic heterocycles. The minimum atomic E-state index is -1.07. The molecule has 6 rings (SSSR count). The van der Waals surface area contributed by atoms with Crippen molar-refractivity contribution in [2.45, 2.75) is 333 Å². The molecule has 536 valence electrons. The van der Waals surface area contributed by atoms with Crippen molar-refractivity contribution in [1.29, 1.82) is 0 Å². The van der Waals surface area contributed by atoms with Crippen LogP contribution < -0.4 is 5.32 Å². The van der Waals surface area contributed by atoms with E-state index in [1.54, 1.807) is 0 Å². The molecule has 1 aliphatic heterocycles. The maximum absolute atomic E-state index is 14.8. The summed E-state index contributed by atoms with van der Waals surface area (Å²) in [6, 6.07) is 49.9. The Morgan fingerprint density at radius 3 is 1.12 bits per heavy atom. The Morgan fingerprint density at radius 1 is 0.412 bits per heavy atom. The molecule has 97 heavy (non-hydrogen) atoms. The molecule has 0 radical (unpaired) electrons. The summed E-state index contributed by atoms with van der Waals surface area (Å²) in [6.07, 6.45) is 41.1. The highest BCUT2D eigenvalue weighted by Gasteiger charge is 2.49. The molecule has 0 spiro atoms. The molecule has 0 unspecified atom stereocenters. The predicted molar refractivity (Wildman–Crippen MR) is 398 cm³/mol. The Hall–Kier alpha value is -5.40. The van der Waals surface area contributed by atoms with E-state index in [9.17, 15) is 10.3 Å². The van der Waals surface area contributed by atoms with Gasteiger partial charge in [0.05, 0.1) is 64.4 Å². The lowest BCUT2D eigenvalue weighted by molar-refractivity contribution is -0.323. The normalized spacial score (nSPS) is 17.2. The Kier molecular flexibility index (Phi) is 45.2. The fourth-order valence-corrected chi connectivity index (χ4v) is 13.5. The van der Waals surface area contributed by atoms with Crippen LogP contribution in [0.15, 0.2) is 157 Å². The summed E-state index contributed by atoms with van der Waals surface area (Å²) in [5, 5.41) is 7.60. The van der Waals surface area contributed by atoms with Crippen LogP contribution >= 0.6 is 0 Å². The molecule has 5 aromatic carbocycles. The van der Waals surface area contributed by atoms with Crippen molar-refractivity contribution in [3.63, 3.8) is 0 Å². The first-order chi connectivity index (χ1) is 48.0. The highest BCUT2D eigenvalue weighted by molar-refractivity contribution is 5.76. The number of ether oxygens (including phenoxy) is 7. The fourth-order valence-electron chi connectivity index (χ4n) is 13.5. The third-order valence-electron chi connectivity index (χ3n) is 19.3. The average molecular weight is 1330 g/mol. The van der Waals surface area contributed by atoms with Gasteiger partial charge in [-0.3, -0.25) is 4.79 Å². The number of rotatable bonds is 60. The second-order valence-electron chi connectivity index (χ2n) is 27.5. The summed E-state index contributed by atoms with van der Waals surface area (Å²) in [4.78, 5) is 18.0. The van der Waals surface area contributed by atoms with E-state index in [4.69, 9.17) is 33.2 Å². The van der Waals surface area contributed by atoms with E-state index in [1.807, 2.05) is 127 Å². The van der Waals surface area contributed by atoms with Crippen LogP contribution in [0.4, 0.5) is 0 Å². The molecule has 8 atom stereocenters. The van der Waals surface area contributed by atoms with Gasteiger partial charge in [-0.15, -0.1) is 0 Å². The number of benzene rings is 5. The van der Waals surface area contributed by atoms with Gasteiger partial charge in [0, 0.05) is 11.3 Å². The number of nitrogens with zero attached hydrogens (tertiary/aromatic N) is 3. The molecule has 12 heteroatoms. The van der Waals surface area contributed by atoms with E-state index >= 15 is 0 Å². The van der Waals surface area contributed by atoms with Crippen molar-refractivity contribution in [3.05, 3.63) is 190 Å². The summed E-state index contributed by atoms with van der Waals surface area (Å²) in [6.45, 7) is 5.91. The van der Waals surface area contributed by atoms with Crippen LogP contribution in [0.1, 0.15) is 279 Å². The minimum absolute atomic E-state index is 0.0146. The van der Waals surface area contributed by atoms with Crippen LogP contribution in [-0.4, -0.2) is 68.0 Å². The molecule has 1 heterocycles. The molecule has 1 aliphatic rings. The number of amides is 1. The van der Waals surface area contributed by atoms with Gasteiger partial charge in [-0.05, 0) is 46.2 Å². The Balaban J connectivity index is 1.17. The van der Waals surface area contributed by atoms with Gasteiger partial charge in [-0.1, -0.05) is 389 Å². The van der Waals surface area contributed by atoms with Gasteiger partial charge in [0.25, 0.3) is 0 Å². The van der Waals surface area contributed by atoms with Crippen molar-refractivity contribution in [2.75, 3.05) is 13.2 Å². The molecule has 0 aliphatic carbocycles. The van der Waals surface area contributed by atoms with Gasteiger partial charge >= 0.3 is 0 Å². The van der Waals surface area contributed by atoms with Crippen LogP contribution in [0.25, 0.3) is 10.4 Å². The molecule has 0 saturated carbocycles. The number of unbranched alkanes of at least 4 members (excludes halogenated alkanes) is 33. The van der Waals surface area contributed by atoms with E-state index in [2.05, 4.69) is 53.5 Å². The second-order valence-corrected chi connectivity index (χ2v) is 27.5. The highest BCUT2D eigenvalue weighted by atomic mass is 16.7. The monoisotopic (exact) mass is 1330 g/mol. The van der Waals surface area contributed by atoms with Crippen LogP contribution in [0, 0.1) is 0 Å². The summed E-state index contributed by atoms with van der Waals surface area (Å²) < 4.78 is 49.4. The zero-order chi connectivity index (χ0) is 67.9. The molecule has 1 N–H and O–H groups in total. The summed E-state index contributed by atoms with van der Waals surface area (Å²) in [5.74, 6) is -0.0568. The Labute approximate surface area is 587 Å². The van der Waals surface area contributed by atoms with Crippen LogP contribution in [0.2, 0.25) is 0 Å². The largest absolute Gasteiger partial charge is 0.371 e. The minimum Gasteiger partial charge on any atom is -0.371 e. The number of hydrogen-bond acceptors (Lipinski definition) is 9. The van der Waals surface area contributed by atoms with Crippen LogP contribution in [-0.2, 0) is 71.0 Å². The van der Waals surface area contributed by atoms with Gasteiger partial charge in [0.2, 0.25) is 5.91 Å². The Bertz CT molecular complexity index is 2670. The van der Waals surface area contributed by atoms with E-state index in [1.165, 1.54) is 186 Å². The maximum Gasteiger partial charge on any atom is 0.220 e. The molecule has 5 aromatic rings. The average Bonchev–Trinajstić information content (AvgIpc) is 0.837. The van der Waals surface area contributed by atoms with E-state index < -0.39 is 49.0 Å². The van der Waals surface area contributed by atoms with Crippen molar-refractivity contribution in [3.8, 4) is 0 Å². The number of nitrogens with one attached hydrogen (secondary N) is 1. The molecule has 12 nitrogen and oxygen atoms in total. The zero-order valence-corrected chi connectivity index (χ0v) is 60.3. The SMILES string of the molecule is CCCCCCCCCCCCCCCCCCCCCCCCCC(=O)N[C@@H](CO[C@H]1O[C@H](CN=[N+]=[N-])[C@H](OCc2ccccc2)[C@H](OCc2ccccc2)[C@H]1OCc1ccccc1)[C@H](OCc1ccccc1)[C@@H](CCCCCCCCCCCCCC)OCc1ccccc1. The lowest BCUT2D eigenvalue weighted by Crippen LogP contribution is -2.62. The predicted octanol–water partition coefficient (Wildman–Crippen LogP) is 22.9. The standard InChI is InChI=1S/C85H128N4O8/c1-3-5-7-9-11-13-15-17-18-19-20-21-22-23-24-25-26-27-29-31-33-35-52-64-80(90)88-77(81(92-67-73-55-43-37-44-56-73)78(91-66-72-53-41-36-42-54-72)63-51-34-32-30-28-16-14-12-10-8-6-4-2)71-96-85-84(95-70-76-61-49-40-50-62-76)83(94-69-75-59-47-39-48-60-75)82(79(97-85)65-87-89-86)93-68-74-57-45-38-46-58-74/h36-50,53-62,77-79,81-85H,3-35,51-52,63-71H2,1-2H3,(H,88,90)/t77-,78+,79+,81-,82-,83-,84+,85-/m0/s1. The van der Waals surface area contributed by atoms with Gasteiger partial charge < -0.3 is 38.5 Å². The van der Waals surface area contributed by atoms with Crippen molar-refractivity contribution in [2.24, 2.45) is 5.11 Å². The molecule has 1 amide bonds.